The van der Waals surface area contributed by atoms with Gasteiger partial charge in [0.05, 0.1) is 6.04 Å². The topological polar surface area (TPSA) is 45.5 Å². The molecule has 24 heavy (non-hydrogen) atoms. The zero-order chi connectivity index (χ0) is 16.9. The van der Waals surface area contributed by atoms with E-state index in [-0.39, 0.29) is 11.5 Å². The zero-order valence-electron chi connectivity index (χ0n) is 15.2. The molecule has 1 aromatic heterocycles. The second-order valence-corrected chi connectivity index (χ2v) is 8.84. The summed E-state index contributed by atoms with van der Waals surface area (Å²) >= 11 is 0. The quantitative estimate of drug-likeness (QED) is 0.898. The van der Waals surface area contributed by atoms with Gasteiger partial charge in [0.15, 0.2) is 0 Å². The monoisotopic (exact) mass is 330 g/mol. The Kier molecular flexibility index (Phi) is 3.98. The van der Waals surface area contributed by atoms with Gasteiger partial charge < -0.3 is 9.73 Å². The van der Waals surface area contributed by atoms with Gasteiger partial charge in [0.1, 0.15) is 11.5 Å². The molecule has 4 aliphatic rings. The van der Waals surface area contributed by atoms with E-state index in [2.05, 4.69) is 10.2 Å². The van der Waals surface area contributed by atoms with Crippen molar-refractivity contribution >= 4 is 5.91 Å². The molecule has 1 aromatic rings. The smallest absolute Gasteiger partial charge is 0.226 e. The minimum absolute atomic E-state index is 0.0648. The number of amides is 1. The van der Waals surface area contributed by atoms with Crippen LogP contribution in [0.3, 0.4) is 0 Å². The third-order valence-corrected chi connectivity index (χ3v) is 6.69. The van der Waals surface area contributed by atoms with Crippen LogP contribution in [0.15, 0.2) is 16.5 Å². The number of nitrogens with one attached hydrogen (secondary N) is 1. The number of likely N-dealkylation sites (N-methyl/N-ethyl adjacent to an activating group) is 1. The van der Waals surface area contributed by atoms with Gasteiger partial charge in [-0.15, -0.1) is 0 Å². The molecule has 1 atom stereocenters. The normalized spacial score (nSPS) is 35.4. The Morgan fingerprint density at radius 1 is 1.21 bits per heavy atom. The van der Waals surface area contributed by atoms with Crippen LogP contribution in [0.25, 0.3) is 0 Å². The molecule has 0 spiro atoms. The molecule has 0 saturated heterocycles. The second kappa shape index (κ2) is 5.91. The minimum atomic E-state index is -0.0648. The van der Waals surface area contributed by atoms with Crippen LogP contribution < -0.4 is 5.32 Å². The van der Waals surface area contributed by atoms with E-state index in [9.17, 15) is 4.79 Å². The van der Waals surface area contributed by atoms with Gasteiger partial charge in [-0.3, -0.25) is 9.69 Å². The highest BCUT2D eigenvalue weighted by atomic mass is 16.3. The highest BCUT2D eigenvalue weighted by Gasteiger charge is 2.54. The van der Waals surface area contributed by atoms with Gasteiger partial charge in [-0.25, -0.2) is 0 Å². The summed E-state index contributed by atoms with van der Waals surface area (Å²) in [6.45, 7) is 2.59. The Balaban J connectivity index is 1.44. The third kappa shape index (κ3) is 2.79. The third-order valence-electron chi connectivity index (χ3n) is 6.69. The molecule has 4 bridgehead atoms. The van der Waals surface area contributed by atoms with E-state index in [0.717, 1.165) is 48.5 Å². The molecule has 4 saturated carbocycles. The fourth-order valence-electron chi connectivity index (χ4n) is 5.94. The molecule has 1 heterocycles. The SMILES string of the molecule is Cc1ccc([C@@H](CNC(=O)C23CC4CC(CC(C4)C2)C3)N(C)C)o1. The van der Waals surface area contributed by atoms with Crippen LogP contribution in [0.4, 0.5) is 0 Å². The standard InChI is InChI=1S/C20H30N2O2/c1-13-4-5-18(24-13)17(22(2)3)12-21-19(23)20-9-14-6-15(10-20)8-16(7-14)11-20/h4-5,14-17H,6-12H2,1-3H3,(H,21,23)/t14?,15?,16?,17-,20?/m1/s1. The summed E-state index contributed by atoms with van der Waals surface area (Å²) in [5.41, 5.74) is -0.0648. The van der Waals surface area contributed by atoms with E-state index in [1.54, 1.807) is 0 Å². The summed E-state index contributed by atoms with van der Waals surface area (Å²) in [5, 5.41) is 3.29. The van der Waals surface area contributed by atoms with Gasteiger partial charge in [0.25, 0.3) is 0 Å². The van der Waals surface area contributed by atoms with Crippen LogP contribution >= 0.6 is 0 Å². The van der Waals surface area contributed by atoms with Crippen LogP contribution in [-0.2, 0) is 4.79 Å². The van der Waals surface area contributed by atoms with E-state index in [0.29, 0.717) is 12.5 Å². The molecule has 0 aliphatic heterocycles. The lowest BCUT2D eigenvalue weighted by molar-refractivity contribution is -0.146. The Hall–Kier alpha value is -1.29. The maximum absolute atomic E-state index is 13.1. The summed E-state index contributed by atoms with van der Waals surface area (Å²) in [6.07, 6.45) is 7.49. The highest BCUT2D eigenvalue weighted by molar-refractivity contribution is 5.83. The number of hydrogen-bond acceptors (Lipinski definition) is 3. The van der Waals surface area contributed by atoms with Crippen molar-refractivity contribution in [1.82, 2.24) is 10.2 Å². The summed E-state index contributed by atoms with van der Waals surface area (Å²) in [5.74, 6) is 4.57. The molecular formula is C20H30N2O2. The molecule has 132 valence electrons. The van der Waals surface area contributed by atoms with Crippen molar-refractivity contribution < 1.29 is 9.21 Å². The largest absolute Gasteiger partial charge is 0.465 e. The number of hydrogen-bond donors (Lipinski definition) is 1. The molecule has 1 N–H and O–H groups in total. The Morgan fingerprint density at radius 2 is 1.79 bits per heavy atom. The minimum Gasteiger partial charge on any atom is -0.465 e. The van der Waals surface area contributed by atoms with E-state index < -0.39 is 0 Å². The van der Waals surface area contributed by atoms with Gasteiger partial charge in [-0.2, -0.15) is 0 Å². The maximum Gasteiger partial charge on any atom is 0.226 e. The predicted octanol–water partition coefficient (Wildman–Crippen LogP) is 3.52. The molecule has 1 amide bonds. The first-order valence-electron chi connectivity index (χ1n) is 9.46. The Labute approximate surface area is 145 Å². The lowest BCUT2D eigenvalue weighted by Gasteiger charge is -2.55. The number of carbonyl (C=O) groups excluding carboxylic acids is 1. The van der Waals surface area contributed by atoms with Gasteiger partial charge >= 0.3 is 0 Å². The van der Waals surface area contributed by atoms with E-state index in [1.807, 2.05) is 33.2 Å². The van der Waals surface area contributed by atoms with Crippen LogP contribution in [0, 0.1) is 30.1 Å². The zero-order valence-corrected chi connectivity index (χ0v) is 15.2. The van der Waals surface area contributed by atoms with Crippen LogP contribution in [-0.4, -0.2) is 31.4 Å². The average Bonchev–Trinajstić information content (AvgIpc) is 2.91. The van der Waals surface area contributed by atoms with Crippen LogP contribution in [0.5, 0.6) is 0 Å². The first-order valence-corrected chi connectivity index (χ1v) is 9.46. The van der Waals surface area contributed by atoms with Crippen molar-refractivity contribution in [2.45, 2.75) is 51.5 Å². The highest BCUT2D eigenvalue weighted by Crippen LogP contribution is 2.60. The van der Waals surface area contributed by atoms with Crippen LogP contribution in [0.1, 0.15) is 56.1 Å². The van der Waals surface area contributed by atoms with Crippen molar-refractivity contribution in [1.29, 1.82) is 0 Å². The molecule has 4 nitrogen and oxygen atoms in total. The number of furan rings is 1. The van der Waals surface area contributed by atoms with Gasteiger partial charge in [-0.1, -0.05) is 0 Å². The number of rotatable bonds is 5. The Morgan fingerprint density at radius 3 is 2.25 bits per heavy atom. The van der Waals surface area contributed by atoms with Crippen molar-refractivity contribution in [3.63, 3.8) is 0 Å². The summed E-state index contributed by atoms with van der Waals surface area (Å²) < 4.78 is 5.80. The molecular weight excluding hydrogens is 300 g/mol. The van der Waals surface area contributed by atoms with Crippen molar-refractivity contribution in [2.24, 2.45) is 23.2 Å². The van der Waals surface area contributed by atoms with Gasteiger partial charge in [-0.05, 0) is 89.4 Å². The first kappa shape index (κ1) is 16.2. The summed E-state index contributed by atoms with van der Waals surface area (Å²) in [6, 6.07) is 4.11. The number of aryl methyl sites for hydroxylation is 1. The molecule has 0 radical (unpaired) electrons. The second-order valence-electron chi connectivity index (χ2n) is 8.84. The van der Waals surface area contributed by atoms with E-state index in [4.69, 9.17) is 4.42 Å². The molecule has 0 unspecified atom stereocenters. The summed E-state index contributed by atoms with van der Waals surface area (Å²) in [4.78, 5) is 15.2. The fraction of sp³-hybridized carbons (Fsp3) is 0.750. The Bertz CT molecular complexity index is 584. The van der Waals surface area contributed by atoms with Crippen LogP contribution in [0.2, 0.25) is 0 Å². The molecule has 4 aliphatic carbocycles. The number of carbonyl (C=O) groups is 1. The lowest BCUT2D eigenvalue weighted by atomic mass is 9.49. The molecule has 4 heteroatoms. The fourth-order valence-corrected chi connectivity index (χ4v) is 5.94. The predicted molar refractivity (Wildman–Crippen MR) is 93.5 cm³/mol. The van der Waals surface area contributed by atoms with Crippen molar-refractivity contribution in [3.8, 4) is 0 Å². The number of nitrogens with zero attached hydrogens (tertiary/aromatic N) is 1. The van der Waals surface area contributed by atoms with Crippen molar-refractivity contribution in [2.75, 3.05) is 20.6 Å². The van der Waals surface area contributed by atoms with Gasteiger partial charge in [0, 0.05) is 12.0 Å². The maximum atomic E-state index is 13.1. The van der Waals surface area contributed by atoms with Crippen molar-refractivity contribution in [3.05, 3.63) is 23.7 Å². The lowest BCUT2D eigenvalue weighted by Crippen LogP contribution is -2.54. The summed E-state index contributed by atoms with van der Waals surface area (Å²) in [7, 11) is 4.08. The molecule has 5 rings (SSSR count). The molecule has 0 aromatic carbocycles. The molecule has 4 fully saturated rings. The average molecular weight is 330 g/mol. The van der Waals surface area contributed by atoms with E-state index >= 15 is 0 Å². The van der Waals surface area contributed by atoms with Gasteiger partial charge in [0.2, 0.25) is 5.91 Å². The first-order chi connectivity index (χ1) is 11.4. The van der Waals surface area contributed by atoms with E-state index in [1.165, 1.54) is 19.3 Å².